The number of rotatable bonds is 4. The summed E-state index contributed by atoms with van der Waals surface area (Å²) >= 11 is 1.54. The first kappa shape index (κ1) is 15.0. The largest absolute Gasteiger partial charge is 0.486 e. The minimum absolute atomic E-state index is 0.139. The summed E-state index contributed by atoms with van der Waals surface area (Å²) in [6.07, 6.45) is 0. The van der Waals surface area contributed by atoms with E-state index in [0.717, 1.165) is 27.5 Å². The molecule has 3 rings (SSSR count). The molecule has 0 spiro atoms. The van der Waals surface area contributed by atoms with Gasteiger partial charge in [0.05, 0.1) is 5.25 Å². The zero-order chi connectivity index (χ0) is 15.5. The van der Waals surface area contributed by atoms with Crippen LogP contribution < -0.4 is 9.47 Å². The fourth-order valence-electron chi connectivity index (χ4n) is 2.31. The van der Waals surface area contributed by atoms with Gasteiger partial charge in [-0.05, 0) is 32.0 Å². The number of carbonyl (C=O) groups excluding carboxylic acids is 1. The Morgan fingerprint density at radius 3 is 2.45 bits per heavy atom. The summed E-state index contributed by atoms with van der Waals surface area (Å²) < 4.78 is 11.1. The van der Waals surface area contributed by atoms with Gasteiger partial charge in [-0.15, -0.1) is 11.8 Å². The van der Waals surface area contributed by atoms with Crippen LogP contribution in [0.1, 0.15) is 22.8 Å². The van der Waals surface area contributed by atoms with Crippen LogP contribution in [-0.4, -0.2) is 24.2 Å². The van der Waals surface area contributed by atoms with E-state index in [9.17, 15) is 4.79 Å². The topological polar surface area (TPSA) is 35.5 Å². The van der Waals surface area contributed by atoms with Gasteiger partial charge in [-0.1, -0.05) is 29.8 Å². The van der Waals surface area contributed by atoms with E-state index in [1.54, 1.807) is 0 Å². The van der Waals surface area contributed by atoms with Gasteiger partial charge in [0.25, 0.3) is 0 Å². The van der Waals surface area contributed by atoms with Crippen LogP contribution in [0.15, 0.2) is 47.4 Å². The number of benzene rings is 2. The summed E-state index contributed by atoms with van der Waals surface area (Å²) in [6, 6.07) is 13.5. The second kappa shape index (κ2) is 6.44. The third kappa shape index (κ3) is 3.28. The van der Waals surface area contributed by atoms with Crippen molar-refractivity contribution in [3.63, 3.8) is 0 Å². The van der Waals surface area contributed by atoms with Crippen LogP contribution in [-0.2, 0) is 0 Å². The highest BCUT2D eigenvalue weighted by molar-refractivity contribution is 8.00. The molecule has 22 heavy (non-hydrogen) atoms. The van der Waals surface area contributed by atoms with Gasteiger partial charge < -0.3 is 9.47 Å². The van der Waals surface area contributed by atoms with Crippen molar-refractivity contribution in [2.75, 3.05) is 13.2 Å². The van der Waals surface area contributed by atoms with Crippen molar-refractivity contribution in [3.05, 3.63) is 53.6 Å². The van der Waals surface area contributed by atoms with Crippen molar-refractivity contribution in [2.45, 2.75) is 24.0 Å². The molecule has 0 saturated carbocycles. The second-order valence-corrected chi connectivity index (χ2v) is 6.71. The van der Waals surface area contributed by atoms with E-state index in [2.05, 4.69) is 0 Å². The van der Waals surface area contributed by atoms with Crippen molar-refractivity contribution in [1.82, 2.24) is 0 Å². The molecule has 4 heteroatoms. The van der Waals surface area contributed by atoms with Gasteiger partial charge in [-0.3, -0.25) is 4.79 Å². The van der Waals surface area contributed by atoms with Crippen LogP contribution in [0.3, 0.4) is 0 Å². The van der Waals surface area contributed by atoms with Gasteiger partial charge >= 0.3 is 0 Å². The van der Waals surface area contributed by atoms with Gasteiger partial charge in [-0.25, -0.2) is 0 Å². The lowest BCUT2D eigenvalue weighted by molar-refractivity contribution is 0.0994. The molecule has 0 aliphatic carbocycles. The summed E-state index contributed by atoms with van der Waals surface area (Å²) in [5, 5.41) is -0.148. The van der Waals surface area contributed by atoms with Crippen LogP contribution in [0.4, 0.5) is 0 Å². The summed E-state index contributed by atoms with van der Waals surface area (Å²) in [6.45, 7) is 5.10. The lowest BCUT2D eigenvalue weighted by Gasteiger charge is -2.19. The number of aryl methyl sites for hydroxylation is 1. The first-order valence-electron chi connectivity index (χ1n) is 7.30. The van der Waals surface area contributed by atoms with Gasteiger partial charge in [0, 0.05) is 10.5 Å². The number of hydrogen-bond donors (Lipinski definition) is 0. The fourth-order valence-corrected chi connectivity index (χ4v) is 3.28. The molecule has 1 aliphatic heterocycles. The Kier molecular flexibility index (Phi) is 4.39. The molecule has 0 saturated heterocycles. The first-order valence-corrected chi connectivity index (χ1v) is 8.18. The molecule has 114 valence electrons. The standard InChI is InChI=1S/C18H18O3S/c1-12-3-5-14(6-4-12)18(19)13(2)22-15-7-8-16-17(11-15)21-10-9-20-16/h3-8,11,13H,9-10H2,1-2H3. The molecule has 0 radical (unpaired) electrons. The molecule has 0 N–H and O–H groups in total. The van der Waals surface area contributed by atoms with E-state index in [4.69, 9.17) is 9.47 Å². The normalized spacial score (nSPS) is 14.5. The molecule has 2 aromatic rings. The molecular formula is C18H18O3S. The Morgan fingerprint density at radius 1 is 1.05 bits per heavy atom. The Hall–Kier alpha value is -1.94. The first-order chi connectivity index (χ1) is 10.6. The monoisotopic (exact) mass is 314 g/mol. The summed E-state index contributed by atoms with van der Waals surface area (Å²) in [5.41, 5.74) is 1.91. The fraction of sp³-hybridized carbons (Fsp3) is 0.278. The second-order valence-electron chi connectivity index (χ2n) is 5.30. The van der Waals surface area contributed by atoms with Crippen molar-refractivity contribution in [1.29, 1.82) is 0 Å². The number of ketones is 1. The molecule has 0 amide bonds. The number of hydrogen-bond acceptors (Lipinski definition) is 4. The summed E-state index contributed by atoms with van der Waals surface area (Å²) in [5.74, 6) is 1.67. The average molecular weight is 314 g/mol. The molecule has 0 fully saturated rings. The number of carbonyl (C=O) groups is 1. The van der Waals surface area contributed by atoms with Crippen LogP contribution in [0, 0.1) is 6.92 Å². The predicted molar refractivity (Wildman–Crippen MR) is 88.3 cm³/mol. The Balaban J connectivity index is 1.72. The zero-order valence-electron chi connectivity index (χ0n) is 12.7. The van der Waals surface area contributed by atoms with E-state index < -0.39 is 0 Å². The molecule has 1 atom stereocenters. The van der Waals surface area contributed by atoms with E-state index in [1.807, 2.05) is 56.3 Å². The SMILES string of the molecule is Cc1ccc(C(=O)C(C)Sc2ccc3c(c2)OCCO3)cc1. The molecular weight excluding hydrogens is 296 g/mol. The van der Waals surface area contributed by atoms with Gasteiger partial charge in [0.15, 0.2) is 17.3 Å². The molecule has 3 nitrogen and oxygen atoms in total. The molecule has 2 aromatic carbocycles. The molecule has 0 aromatic heterocycles. The van der Waals surface area contributed by atoms with Gasteiger partial charge in [0.1, 0.15) is 13.2 Å². The Bertz CT molecular complexity index is 679. The highest BCUT2D eigenvalue weighted by Gasteiger charge is 2.18. The average Bonchev–Trinajstić information content (AvgIpc) is 2.55. The highest BCUT2D eigenvalue weighted by Crippen LogP contribution is 2.36. The summed E-state index contributed by atoms with van der Waals surface area (Å²) in [4.78, 5) is 13.5. The van der Waals surface area contributed by atoms with Crippen LogP contribution in [0.2, 0.25) is 0 Å². The van der Waals surface area contributed by atoms with Gasteiger partial charge in [-0.2, -0.15) is 0 Å². The van der Waals surface area contributed by atoms with E-state index in [-0.39, 0.29) is 11.0 Å². The maximum Gasteiger partial charge on any atom is 0.175 e. The number of Topliss-reactive ketones (excluding diaryl/α,β-unsaturated/α-hetero) is 1. The summed E-state index contributed by atoms with van der Waals surface area (Å²) in [7, 11) is 0. The van der Waals surface area contributed by atoms with E-state index >= 15 is 0 Å². The van der Waals surface area contributed by atoms with E-state index in [0.29, 0.717) is 13.2 Å². The Morgan fingerprint density at radius 2 is 1.73 bits per heavy atom. The lowest BCUT2D eigenvalue weighted by Crippen LogP contribution is -2.15. The minimum Gasteiger partial charge on any atom is -0.486 e. The zero-order valence-corrected chi connectivity index (χ0v) is 13.5. The van der Waals surface area contributed by atoms with Crippen molar-refractivity contribution < 1.29 is 14.3 Å². The van der Waals surface area contributed by atoms with Gasteiger partial charge in [0.2, 0.25) is 0 Å². The molecule has 0 bridgehead atoms. The number of thioether (sulfide) groups is 1. The Labute approximate surface area is 134 Å². The predicted octanol–water partition coefficient (Wildman–Crippen LogP) is 4.13. The van der Waals surface area contributed by atoms with Crippen molar-refractivity contribution in [3.8, 4) is 11.5 Å². The molecule has 1 aliphatic rings. The maximum absolute atomic E-state index is 12.5. The smallest absolute Gasteiger partial charge is 0.175 e. The quantitative estimate of drug-likeness (QED) is 0.628. The minimum atomic E-state index is -0.148. The van der Waals surface area contributed by atoms with Crippen molar-refractivity contribution >= 4 is 17.5 Å². The third-order valence-corrected chi connectivity index (χ3v) is 4.63. The van der Waals surface area contributed by atoms with E-state index in [1.165, 1.54) is 11.8 Å². The highest BCUT2D eigenvalue weighted by atomic mass is 32.2. The lowest BCUT2D eigenvalue weighted by atomic mass is 10.1. The number of ether oxygens (including phenoxy) is 2. The van der Waals surface area contributed by atoms with Crippen LogP contribution >= 0.6 is 11.8 Å². The molecule has 1 unspecified atom stereocenters. The van der Waals surface area contributed by atoms with Crippen molar-refractivity contribution in [2.24, 2.45) is 0 Å². The third-order valence-electron chi connectivity index (χ3n) is 3.53. The molecule has 1 heterocycles. The van der Waals surface area contributed by atoms with Crippen LogP contribution in [0.5, 0.6) is 11.5 Å². The maximum atomic E-state index is 12.5. The number of fused-ring (bicyclic) bond motifs is 1. The van der Waals surface area contributed by atoms with Crippen LogP contribution in [0.25, 0.3) is 0 Å².